The molecule has 2 rings (SSSR count). The van der Waals surface area contributed by atoms with E-state index in [1.807, 2.05) is 49.4 Å². The molecule has 3 nitrogen and oxygen atoms in total. The molecule has 102 valence electrons. The van der Waals surface area contributed by atoms with E-state index in [9.17, 15) is 4.79 Å². The Balaban J connectivity index is 1.89. The lowest BCUT2D eigenvalue weighted by Gasteiger charge is -2.01. The molecule has 0 aliphatic rings. The largest absolute Gasteiger partial charge is 0.273 e. The van der Waals surface area contributed by atoms with Crippen LogP contribution in [0.15, 0.2) is 53.6 Å². The second kappa shape index (κ2) is 6.87. The fourth-order valence-electron chi connectivity index (χ4n) is 1.68. The minimum atomic E-state index is -0.155. The standard InChI is InChI=1S/C16H15ClN2O/c1-12-6-8-13(9-7-12)10-16(20)19-18-11-14-4-2-3-5-15(14)17/h2-9,11H,10H2,1H3,(H,19,20)/b18-11-. The Labute approximate surface area is 123 Å². The Hall–Kier alpha value is -2.13. The minimum Gasteiger partial charge on any atom is -0.273 e. The second-order valence-electron chi connectivity index (χ2n) is 4.48. The molecule has 0 heterocycles. The first-order valence-corrected chi connectivity index (χ1v) is 6.65. The highest BCUT2D eigenvalue weighted by Gasteiger charge is 2.01. The van der Waals surface area contributed by atoms with E-state index in [-0.39, 0.29) is 5.91 Å². The van der Waals surface area contributed by atoms with Gasteiger partial charge < -0.3 is 0 Å². The zero-order valence-corrected chi connectivity index (χ0v) is 11.9. The summed E-state index contributed by atoms with van der Waals surface area (Å²) < 4.78 is 0. The van der Waals surface area contributed by atoms with Crippen molar-refractivity contribution in [3.8, 4) is 0 Å². The van der Waals surface area contributed by atoms with Gasteiger partial charge in [0.2, 0.25) is 5.91 Å². The average Bonchev–Trinajstić information content (AvgIpc) is 2.43. The van der Waals surface area contributed by atoms with Gasteiger partial charge in [-0.25, -0.2) is 5.43 Å². The van der Waals surface area contributed by atoms with E-state index in [4.69, 9.17) is 11.6 Å². The van der Waals surface area contributed by atoms with Gasteiger partial charge in [0.05, 0.1) is 12.6 Å². The van der Waals surface area contributed by atoms with Crippen LogP contribution in [0.25, 0.3) is 0 Å². The molecular formula is C16H15ClN2O. The average molecular weight is 287 g/mol. The molecule has 0 aromatic heterocycles. The molecule has 0 unspecified atom stereocenters. The Morgan fingerprint density at radius 1 is 1.20 bits per heavy atom. The maximum absolute atomic E-state index is 11.7. The van der Waals surface area contributed by atoms with Crippen LogP contribution in [0, 0.1) is 6.92 Å². The van der Waals surface area contributed by atoms with Gasteiger partial charge in [0.1, 0.15) is 0 Å². The summed E-state index contributed by atoms with van der Waals surface area (Å²) in [5, 5.41) is 4.51. The number of halogens is 1. The number of carbonyl (C=O) groups is 1. The van der Waals surface area contributed by atoms with Crippen LogP contribution in [0.3, 0.4) is 0 Å². The number of amides is 1. The summed E-state index contributed by atoms with van der Waals surface area (Å²) in [6.07, 6.45) is 1.84. The molecule has 1 amide bonds. The van der Waals surface area contributed by atoms with Gasteiger partial charge in [-0.3, -0.25) is 4.79 Å². The van der Waals surface area contributed by atoms with Crippen molar-refractivity contribution < 1.29 is 4.79 Å². The minimum absolute atomic E-state index is 0.155. The van der Waals surface area contributed by atoms with E-state index in [2.05, 4.69) is 10.5 Å². The molecule has 2 aromatic rings. The number of nitrogens with one attached hydrogen (secondary N) is 1. The molecular weight excluding hydrogens is 272 g/mol. The molecule has 0 fully saturated rings. The van der Waals surface area contributed by atoms with E-state index in [1.54, 1.807) is 6.07 Å². The van der Waals surface area contributed by atoms with Crippen LogP contribution in [0.4, 0.5) is 0 Å². The van der Waals surface area contributed by atoms with Gasteiger partial charge in [0, 0.05) is 10.6 Å². The van der Waals surface area contributed by atoms with Crippen LogP contribution in [0.2, 0.25) is 5.02 Å². The number of rotatable bonds is 4. The fraction of sp³-hybridized carbons (Fsp3) is 0.125. The zero-order valence-electron chi connectivity index (χ0n) is 11.1. The maximum Gasteiger partial charge on any atom is 0.244 e. The topological polar surface area (TPSA) is 41.5 Å². The summed E-state index contributed by atoms with van der Waals surface area (Å²) in [5.41, 5.74) is 5.39. The van der Waals surface area contributed by atoms with Gasteiger partial charge in [0.25, 0.3) is 0 Å². The highest BCUT2D eigenvalue weighted by atomic mass is 35.5. The Bertz CT molecular complexity index is 621. The molecule has 0 radical (unpaired) electrons. The Kier molecular flexibility index (Phi) is 4.91. The number of hydrogen-bond donors (Lipinski definition) is 1. The SMILES string of the molecule is Cc1ccc(CC(=O)N/N=C\c2ccccc2Cl)cc1. The Morgan fingerprint density at radius 2 is 1.90 bits per heavy atom. The van der Waals surface area contributed by atoms with Crippen LogP contribution in [-0.2, 0) is 11.2 Å². The number of aryl methyl sites for hydroxylation is 1. The molecule has 0 bridgehead atoms. The predicted molar refractivity (Wildman–Crippen MR) is 82.1 cm³/mol. The van der Waals surface area contributed by atoms with Gasteiger partial charge in [-0.15, -0.1) is 0 Å². The second-order valence-corrected chi connectivity index (χ2v) is 4.88. The quantitative estimate of drug-likeness (QED) is 0.680. The van der Waals surface area contributed by atoms with Crippen molar-refractivity contribution in [3.63, 3.8) is 0 Å². The van der Waals surface area contributed by atoms with Crippen molar-refractivity contribution in [1.82, 2.24) is 5.43 Å². The van der Waals surface area contributed by atoms with Crippen molar-refractivity contribution in [2.24, 2.45) is 5.10 Å². The first kappa shape index (κ1) is 14.3. The molecule has 0 spiro atoms. The number of nitrogens with zero attached hydrogens (tertiary/aromatic N) is 1. The summed E-state index contributed by atoms with van der Waals surface area (Å²) >= 11 is 5.98. The lowest BCUT2D eigenvalue weighted by atomic mass is 10.1. The van der Waals surface area contributed by atoms with E-state index in [0.717, 1.165) is 11.1 Å². The normalized spacial score (nSPS) is 10.7. The smallest absolute Gasteiger partial charge is 0.244 e. The molecule has 4 heteroatoms. The number of hydrazone groups is 1. The lowest BCUT2D eigenvalue weighted by Crippen LogP contribution is -2.19. The van der Waals surface area contributed by atoms with Gasteiger partial charge in [-0.2, -0.15) is 5.10 Å². The third-order valence-electron chi connectivity index (χ3n) is 2.78. The van der Waals surface area contributed by atoms with Crippen LogP contribution in [-0.4, -0.2) is 12.1 Å². The number of benzene rings is 2. The van der Waals surface area contributed by atoms with Crippen molar-refractivity contribution in [2.45, 2.75) is 13.3 Å². The van der Waals surface area contributed by atoms with E-state index in [1.165, 1.54) is 11.8 Å². The van der Waals surface area contributed by atoms with E-state index >= 15 is 0 Å². The molecule has 1 N–H and O–H groups in total. The van der Waals surface area contributed by atoms with Crippen LogP contribution < -0.4 is 5.43 Å². The molecule has 0 saturated carbocycles. The van der Waals surface area contributed by atoms with Crippen molar-refractivity contribution in [1.29, 1.82) is 0 Å². The predicted octanol–water partition coefficient (Wildman–Crippen LogP) is 3.34. The van der Waals surface area contributed by atoms with Gasteiger partial charge in [-0.05, 0) is 18.6 Å². The molecule has 0 aliphatic heterocycles. The summed E-state index contributed by atoms with van der Waals surface area (Å²) in [7, 11) is 0. The third kappa shape index (κ3) is 4.21. The third-order valence-corrected chi connectivity index (χ3v) is 3.13. The van der Waals surface area contributed by atoms with Crippen molar-refractivity contribution >= 4 is 23.7 Å². The molecule has 2 aromatic carbocycles. The Morgan fingerprint density at radius 3 is 2.60 bits per heavy atom. The summed E-state index contributed by atoms with van der Waals surface area (Å²) in [6, 6.07) is 15.1. The maximum atomic E-state index is 11.7. The van der Waals surface area contributed by atoms with E-state index in [0.29, 0.717) is 11.4 Å². The van der Waals surface area contributed by atoms with Gasteiger partial charge >= 0.3 is 0 Å². The molecule has 0 atom stereocenters. The van der Waals surface area contributed by atoms with Crippen molar-refractivity contribution in [2.75, 3.05) is 0 Å². The van der Waals surface area contributed by atoms with Crippen molar-refractivity contribution in [3.05, 3.63) is 70.2 Å². The van der Waals surface area contributed by atoms with Crippen LogP contribution >= 0.6 is 11.6 Å². The summed E-state index contributed by atoms with van der Waals surface area (Å²) in [6.45, 7) is 2.01. The summed E-state index contributed by atoms with van der Waals surface area (Å²) in [5.74, 6) is -0.155. The summed E-state index contributed by atoms with van der Waals surface area (Å²) in [4.78, 5) is 11.7. The first-order valence-electron chi connectivity index (χ1n) is 6.27. The van der Waals surface area contributed by atoms with Crippen LogP contribution in [0.5, 0.6) is 0 Å². The monoisotopic (exact) mass is 286 g/mol. The fourth-order valence-corrected chi connectivity index (χ4v) is 1.87. The number of carbonyl (C=O) groups excluding carboxylic acids is 1. The molecule has 0 saturated heterocycles. The molecule has 0 aliphatic carbocycles. The van der Waals surface area contributed by atoms with E-state index < -0.39 is 0 Å². The zero-order chi connectivity index (χ0) is 14.4. The van der Waals surface area contributed by atoms with Gasteiger partial charge in [0.15, 0.2) is 0 Å². The van der Waals surface area contributed by atoms with Crippen LogP contribution in [0.1, 0.15) is 16.7 Å². The molecule has 20 heavy (non-hydrogen) atoms. The first-order chi connectivity index (χ1) is 9.65. The highest BCUT2D eigenvalue weighted by Crippen LogP contribution is 2.12. The highest BCUT2D eigenvalue weighted by molar-refractivity contribution is 6.33. The number of hydrogen-bond acceptors (Lipinski definition) is 2. The lowest BCUT2D eigenvalue weighted by molar-refractivity contribution is -0.120. The van der Waals surface area contributed by atoms with Gasteiger partial charge in [-0.1, -0.05) is 59.6 Å².